The number of amides is 1. The fourth-order valence-electron chi connectivity index (χ4n) is 2.51. The lowest BCUT2D eigenvalue weighted by Crippen LogP contribution is -2.37. The number of carbonyl (C=O) groups excluding carboxylic acids is 1. The minimum Gasteiger partial charge on any atom is -0.356 e. The first-order valence-electron chi connectivity index (χ1n) is 6.90. The number of carbonyl (C=O) groups is 1. The van der Waals surface area contributed by atoms with Crippen molar-refractivity contribution in [1.29, 1.82) is 0 Å². The normalized spacial score (nSPS) is 25.9. The summed E-state index contributed by atoms with van der Waals surface area (Å²) >= 11 is 0. The molecular weight excluding hydrogens is 257 g/mol. The third kappa shape index (κ3) is 5.80. The van der Waals surface area contributed by atoms with Crippen LogP contribution in [0.2, 0.25) is 0 Å². The first-order chi connectivity index (χ1) is 8.80. The highest BCUT2D eigenvalue weighted by atomic mass is 19.4. The number of nitrogens with two attached hydrogens (primary N) is 1. The van der Waals surface area contributed by atoms with Crippen LogP contribution in [0.3, 0.4) is 0 Å². The maximum absolute atomic E-state index is 12.6. The summed E-state index contributed by atoms with van der Waals surface area (Å²) in [5, 5.41) is 2.72. The maximum atomic E-state index is 12.6. The van der Waals surface area contributed by atoms with E-state index < -0.39 is 18.0 Å². The smallest absolute Gasteiger partial charge is 0.356 e. The molecule has 1 amide bonds. The van der Waals surface area contributed by atoms with Crippen molar-refractivity contribution in [2.45, 2.75) is 57.7 Å². The minimum atomic E-state index is -4.17. The van der Waals surface area contributed by atoms with Gasteiger partial charge in [-0.1, -0.05) is 6.42 Å². The van der Waals surface area contributed by atoms with E-state index in [-0.39, 0.29) is 24.8 Å². The molecule has 6 heteroatoms. The molecule has 3 N–H and O–H groups in total. The van der Waals surface area contributed by atoms with E-state index in [4.69, 9.17) is 5.73 Å². The lowest BCUT2D eigenvalue weighted by atomic mass is 9.80. The third-order valence-corrected chi connectivity index (χ3v) is 3.64. The molecule has 0 bridgehead atoms. The quantitative estimate of drug-likeness (QED) is 0.761. The molecule has 19 heavy (non-hydrogen) atoms. The van der Waals surface area contributed by atoms with E-state index in [1.165, 1.54) is 0 Å². The van der Waals surface area contributed by atoms with Crippen LogP contribution in [-0.2, 0) is 4.79 Å². The van der Waals surface area contributed by atoms with Crippen LogP contribution in [0.25, 0.3) is 0 Å². The van der Waals surface area contributed by atoms with Gasteiger partial charge in [0.05, 0.1) is 5.92 Å². The molecule has 3 nitrogen and oxygen atoms in total. The van der Waals surface area contributed by atoms with Crippen molar-refractivity contribution in [3.05, 3.63) is 0 Å². The molecule has 1 rings (SSSR count). The molecule has 3 unspecified atom stereocenters. The molecule has 1 fully saturated rings. The summed E-state index contributed by atoms with van der Waals surface area (Å²) in [4.78, 5) is 11.8. The van der Waals surface area contributed by atoms with Gasteiger partial charge in [0.15, 0.2) is 0 Å². The first kappa shape index (κ1) is 16.3. The monoisotopic (exact) mass is 280 g/mol. The van der Waals surface area contributed by atoms with Crippen LogP contribution in [-0.4, -0.2) is 24.7 Å². The number of alkyl halides is 3. The molecule has 0 aliphatic heterocycles. The van der Waals surface area contributed by atoms with Crippen LogP contribution in [0.5, 0.6) is 0 Å². The van der Waals surface area contributed by atoms with Crippen molar-refractivity contribution in [2.75, 3.05) is 6.54 Å². The van der Waals surface area contributed by atoms with E-state index in [9.17, 15) is 18.0 Å². The van der Waals surface area contributed by atoms with Crippen LogP contribution < -0.4 is 11.1 Å². The Bertz CT molecular complexity index is 292. The molecule has 3 atom stereocenters. The Balaban J connectivity index is 2.32. The largest absolute Gasteiger partial charge is 0.391 e. The van der Waals surface area contributed by atoms with Crippen molar-refractivity contribution < 1.29 is 18.0 Å². The van der Waals surface area contributed by atoms with Gasteiger partial charge >= 0.3 is 6.18 Å². The fraction of sp³-hybridized carbons (Fsp3) is 0.923. The lowest BCUT2D eigenvalue weighted by molar-refractivity contribution is -0.186. The highest BCUT2D eigenvalue weighted by Gasteiger charge is 2.43. The Morgan fingerprint density at radius 3 is 2.68 bits per heavy atom. The Morgan fingerprint density at radius 1 is 1.42 bits per heavy atom. The van der Waals surface area contributed by atoms with Gasteiger partial charge in [-0.2, -0.15) is 13.2 Å². The van der Waals surface area contributed by atoms with Gasteiger partial charge in [-0.25, -0.2) is 0 Å². The van der Waals surface area contributed by atoms with E-state index in [2.05, 4.69) is 5.32 Å². The molecule has 0 saturated heterocycles. The molecule has 0 radical (unpaired) electrons. The maximum Gasteiger partial charge on any atom is 0.391 e. The average Bonchev–Trinajstić information content (AvgIpc) is 2.33. The van der Waals surface area contributed by atoms with E-state index in [0.29, 0.717) is 19.4 Å². The number of rotatable bonds is 5. The zero-order valence-corrected chi connectivity index (χ0v) is 11.3. The SMILES string of the molecule is CC(N)CCCNC(=O)C1CCCC(C(F)(F)F)C1. The zero-order chi connectivity index (χ0) is 14.5. The van der Waals surface area contributed by atoms with Gasteiger partial charge in [0.2, 0.25) is 5.91 Å². The number of hydrogen-bond donors (Lipinski definition) is 2. The second-order valence-corrected chi connectivity index (χ2v) is 5.51. The summed E-state index contributed by atoms with van der Waals surface area (Å²) in [7, 11) is 0. The summed E-state index contributed by atoms with van der Waals surface area (Å²) in [6, 6.07) is 0.0844. The average molecular weight is 280 g/mol. The molecular formula is C13H23F3N2O. The molecule has 1 aliphatic carbocycles. The van der Waals surface area contributed by atoms with Crippen LogP contribution in [0.1, 0.15) is 45.4 Å². The highest BCUT2D eigenvalue weighted by molar-refractivity contribution is 5.78. The molecule has 0 heterocycles. The summed E-state index contributed by atoms with van der Waals surface area (Å²) in [5.74, 6) is -2.05. The fourth-order valence-corrected chi connectivity index (χ4v) is 2.51. The van der Waals surface area contributed by atoms with Crippen molar-refractivity contribution in [3.63, 3.8) is 0 Å². The van der Waals surface area contributed by atoms with Gasteiger partial charge in [0.1, 0.15) is 0 Å². The highest BCUT2D eigenvalue weighted by Crippen LogP contribution is 2.39. The molecule has 1 saturated carbocycles. The van der Waals surface area contributed by atoms with E-state index in [1.807, 2.05) is 6.92 Å². The molecule has 0 spiro atoms. The van der Waals surface area contributed by atoms with Gasteiger partial charge in [-0.3, -0.25) is 4.79 Å². The van der Waals surface area contributed by atoms with E-state index in [0.717, 1.165) is 12.8 Å². The van der Waals surface area contributed by atoms with Crippen molar-refractivity contribution in [2.24, 2.45) is 17.6 Å². The van der Waals surface area contributed by atoms with E-state index >= 15 is 0 Å². The van der Waals surface area contributed by atoms with Gasteiger partial charge in [0.25, 0.3) is 0 Å². The number of nitrogens with one attached hydrogen (secondary N) is 1. The van der Waals surface area contributed by atoms with Crippen molar-refractivity contribution in [3.8, 4) is 0 Å². The van der Waals surface area contributed by atoms with Gasteiger partial charge < -0.3 is 11.1 Å². The topological polar surface area (TPSA) is 55.1 Å². The third-order valence-electron chi connectivity index (χ3n) is 3.64. The predicted molar refractivity (Wildman–Crippen MR) is 67.4 cm³/mol. The second kappa shape index (κ2) is 7.12. The Morgan fingerprint density at radius 2 is 2.11 bits per heavy atom. The molecule has 112 valence electrons. The van der Waals surface area contributed by atoms with E-state index in [1.54, 1.807) is 0 Å². The Labute approximate surface area is 112 Å². The Hall–Kier alpha value is -0.780. The van der Waals surface area contributed by atoms with Crippen LogP contribution in [0.4, 0.5) is 13.2 Å². The first-order valence-corrected chi connectivity index (χ1v) is 6.90. The van der Waals surface area contributed by atoms with Crippen molar-refractivity contribution >= 4 is 5.91 Å². The zero-order valence-electron chi connectivity index (χ0n) is 11.3. The van der Waals surface area contributed by atoms with Crippen LogP contribution in [0.15, 0.2) is 0 Å². The second-order valence-electron chi connectivity index (χ2n) is 5.51. The standard InChI is InChI=1S/C13H23F3N2O/c1-9(17)4-3-7-18-12(19)10-5-2-6-11(8-10)13(14,15)16/h9-11H,2-8,17H2,1H3,(H,18,19). The van der Waals surface area contributed by atoms with Gasteiger partial charge in [0, 0.05) is 18.5 Å². The summed E-state index contributed by atoms with van der Waals surface area (Å²) < 4.78 is 37.9. The van der Waals surface area contributed by atoms with Crippen LogP contribution >= 0.6 is 0 Å². The molecule has 0 aromatic carbocycles. The molecule has 1 aliphatic rings. The lowest BCUT2D eigenvalue weighted by Gasteiger charge is -2.29. The summed E-state index contributed by atoms with van der Waals surface area (Å²) in [6.45, 7) is 2.38. The van der Waals surface area contributed by atoms with Crippen molar-refractivity contribution in [1.82, 2.24) is 5.32 Å². The van der Waals surface area contributed by atoms with Crippen LogP contribution in [0, 0.1) is 11.8 Å². The summed E-state index contributed by atoms with van der Waals surface area (Å²) in [5.41, 5.74) is 5.58. The number of hydrogen-bond acceptors (Lipinski definition) is 2. The van der Waals surface area contributed by atoms with Gasteiger partial charge in [-0.15, -0.1) is 0 Å². The Kier molecular flexibility index (Phi) is 6.10. The summed E-state index contributed by atoms with van der Waals surface area (Å²) in [6.07, 6.45) is -1.49. The van der Waals surface area contributed by atoms with Gasteiger partial charge in [-0.05, 0) is 39.0 Å². The predicted octanol–water partition coefficient (Wildman–Crippen LogP) is 2.60. The number of halogens is 3. The molecule has 0 aromatic rings. The molecule has 0 aromatic heterocycles. The minimum absolute atomic E-state index is 0.0668.